The summed E-state index contributed by atoms with van der Waals surface area (Å²) in [7, 11) is 0. The maximum atomic E-state index is 11.8. The predicted molar refractivity (Wildman–Crippen MR) is 119 cm³/mol. The monoisotopic (exact) mass is 410 g/mol. The Hall–Kier alpha value is -2.37. The Kier molecular flexibility index (Phi) is 7.16. The molecule has 3 atom stereocenters. The van der Waals surface area contributed by atoms with Crippen molar-refractivity contribution in [3.63, 3.8) is 0 Å². The van der Waals surface area contributed by atoms with Gasteiger partial charge in [0.05, 0.1) is 12.1 Å². The van der Waals surface area contributed by atoms with Crippen molar-refractivity contribution in [3.05, 3.63) is 71.8 Å². The first-order chi connectivity index (χ1) is 14.3. The Morgan fingerprint density at radius 1 is 1.00 bits per heavy atom. The first-order valence-corrected chi connectivity index (χ1v) is 10.7. The smallest absolute Gasteiger partial charge is 0.407 e. The van der Waals surface area contributed by atoms with E-state index in [-0.39, 0.29) is 11.3 Å². The van der Waals surface area contributed by atoms with Crippen LogP contribution in [0.25, 0.3) is 0 Å². The number of carbonyl (C=O) groups is 1. The molecule has 1 saturated heterocycles. The average Bonchev–Trinajstić information content (AvgIpc) is 2.69. The number of amides is 1. The highest BCUT2D eigenvalue weighted by Crippen LogP contribution is 2.35. The lowest BCUT2D eigenvalue weighted by molar-refractivity contribution is -0.0707. The summed E-state index contributed by atoms with van der Waals surface area (Å²) >= 11 is 0. The van der Waals surface area contributed by atoms with Crippen LogP contribution in [0, 0.1) is 11.3 Å². The van der Waals surface area contributed by atoms with Crippen LogP contribution in [0.3, 0.4) is 0 Å². The van der Waals surface area contributed by atoms with Gasteiger partial charge < -0.3 is 15.1 Å². The van der Waals surface area contributed by atoms with E-state index in [2.05, 4.69) is 29.2 Å². The van der Waals surface area contributed by atoms with E-state index in [1.54, 1.807) is 0 Å². The van der Waals surface area contributed by atoms with Gasteiger partial charge in [-0.25, -0.2) is 4.79 Å². The van der Waals surface area contributed by atoms with Crippen molar-refractivity contribution in [2.24, 2.45) is 11.3 Å². The lowest BCUT2D eigenvalue weighted by Crippen LogP contribution is -2.60. The number of benzene rings is 2. The van der Waals surface area contributed by atoms with E-state index in [4.69, 9.17) is 0 Å². The number of likely N-dealkylation sites (tertiary alicyclic amines) is 1. The van der Waals surface area contributed by atoms with Crippen molar-refractivity contribution in [1.82, 2.24) is 9.80 Å². The molecule has 0 aliphatic carbocycles. The number of aliphatic hydroxyl groups excluding tert-OH is 1. The van der Waals surface area contributed by atoms with Crippen molar-refractivity contribution >= 4 is 6.09 Å². The summed E-state index contributed by atoms with van der Waals surface area (Å²) in [5.74, 6) is 0.0252. The third-order valence-electron chi connectivity index (χ3n) is 6.01. The fourth-order valence-corrected chi connectivity index (χ4v) is 4.65. The third-order valence-corrected chi connectivity index (χ3v) is 6.01. The molecule has 2 aromatic carbocycles. The van der Waals surface area contributed by atoms with Gasteiger partial charge in [0.1, 0.15) is 0 Å². The van der Waals surface area contributed by atoms with Gasteiger partial charge in [-0.1, -0.05) is 81.4 Å². The summed E-state index contributed by atoms with van der Waals surface area (Å²) in [6, 6.07) is 20.3. The van der Waals surface area contributed by atoms with E-state index in [1.165, 1.54) is 16.0 Å². The molecule has 1 aliphatic heterocycles. The molecule has 0 spiro atoms. The average molecular weight is 411 g/mol. The molecule has 3 unspecified atom stereocenters. The van der Waals surface area contributed by atoms with Crippen LogP contribution in [0.2, 0.25) is 0 Å². The van der Waals surface area contributed by atoms with Crippen LogP contribution < -0.4 is 0 Å². The second-order valence-electron chi connectivity index (χ2n) is 9.47. The van der Waals surface area contributed by atoms with Gasteiger partial charge in [0.25, 0.3) is 0 Å². The van der Waals surface area contributed by atoms with Crippen molar-refractivity contribution in [2.45, 2.75) is 52.4 Å². The molecule has 3 rings (SSSR count). The largest absolute Gasteiger partial charge is 0.465 e. The van der Waals surface area contributed by atoms with E-state index in [0.29, 0.717) is 13.0 Å². The quantitative estimate of drug-likeness (QED) is 0.738. The first kappa shape index (κ1) is 22.3. The molecule has 5 nitrogen and oxygen atoms in total. The Morgan fingerprint density at radius 2 is 1.50 bits per heavy atom. The number of aliphatic hydroxyl groups is 1. The van der Waals surface area contributed by atoms with Crippen LogP contribution in [-0.4, -0.2) is 51.3 Å². The number of carboxylic acid groups (broad SMARTS) is 1. The van der Waals surface area contributed by atoms with Gasteiger partial charge in [-0.3, -0.25) is 4.90 Å². The summed E-state index contributed by atoms with van der Waals surface area (Å²) in [6.45, 7) is 8.79. The van der Waals surface area contributed by atoms with Crippen LogP contribution in [0.1, 0.15) is 38.3 Å². The van der Waals surface area contributed by atoms with Crippen LogP contribution in [0.4, 0.5) is 4.79 Å². The lowest BCUT2D eigenvalue weighted by atomic mass is 9.74. The molecule has 0 radical (unpaired) electrons. The van der Waals surface area contributed by atoms with Crippen LogP contribution in [0.15, 0.2) is 60.7 Å². The summed E-state index contributed by atoms with van der Waals surface area (Å²) in [5.41, 5.74) is 2.14. The first-order valence-electron chi connectivity index (χ1n) is 10.7. The van der Waals surface area contributed by atoms with E-state index in [1.807, 2.05) is 57.2 Å². The van der Waals surface area contributed by atoms with Crippen molar-refractivity contribution < 1.29 is 15.0 Å². The highest BCUT2D eigenvalue weighted by molar-refractivity contribution is 5.66. The Balaban J connectivity index is 1.79. The normalized spacial score (nSPS) is 22.3. The molecular weight excluding hydrogens is 376 g/mol. The molecule has 0 bridgehead atoms. The van der Waals surface area contributed by atoms with E-state index >= 15 is 0 Å². The highest BCUT2D eigenvalue weighted by Gasteiger charge is 2.45. The van der Waals surface area contributed by atoms with E-state index in [0.717, 1.165) is 19.6 Å². The zero-order chi connectivity index (χ0) is 21.7. The molecule has 0 saturated carbocycles. The van der Waals surface area contributed by atoms with Gasteiger partial charge in [0, 0.05) is 32.1 Å². The van der Waals surface area contributed by atoms with Gasteiger partial charge in [0.2, 0.25) is 0 Å². The Morgan fingerprint density at radius 3 is 1.93 bits per heavy atom. The summed E-state index contributed by atoms with van der Waals surface area (Å²) in [6.07, 6.45) is -0.970. The second kappa shape index (κ2) is 9.63. The van der Waals surface area contributed by atoms with Crippen molar-refractivity contribution in [3.8, 4) is 0 Å². The minimum atomic E-state index is -0.946. The standard InChI is InChI=1S/C25H34N2O3/c1-25(2,3)23-22(28)21(14-15-27(23)24(29)30)18-26(16-19-10-6-4-7-11-19)17-20-12-8-5-9-13-20/h4-13,21-23,28H,14-18H2,1-3H3,(H,29,30). The molecule has 2 N–H and O–H groups in total. The van der Waals surface area contributed by atoms with Gasteiger partial charge in [-0.2, -0.15) is 0 Å². The molecule has 1 fully saturated rings. The fourth-order valence-electron chi connectivity index (χ4n) is 4.65. The molecule has 1 aliphatic rings. The lowest BCUT2D eigenvalue weighted by Gasteiger charge is -2.48. The fraction of sp³-hybridized carbons (Fsp3) is 0.480. The molecule has 1 heterocycles. The van der Waals surface area contributed by atoms with Gasteiger partial charge in [-0.05, 0) is 23.0 Å². The third kappa shape index (κ3) is 5.61. The van der Waals surface area contributed by atoms with E-state index in [9.17, 15) is 15.0 Å². The van der Waals surface area contributed by atoms with Crippen molar-refractivity contribution in [2.75, 3.05) is 13.1 Å². The molecular formula is C25H34N2O3. The zero-order valence-corrected chi connectivity index (χ0v) is 18.2. The number of hydrogen-bond acceptors (Lipinski definition) is 3. The van der Waals surface area contributed by atoms with Crippen molar-refractivity contribution in [1.29, 1.82) is 0 Å². The minimum Gasteiger partial charge on any atom is -0.465 e. The number of nitrogens with zero attached hydrogens (tertiary/aromatic N) is 2. The Labute approximate surface area is 179 Å². The van der Waals surface area contributed by atoms with Gasteiger partial charge in [0.15, 0.2) is 0 Å². The zero-order valence-electron chi connectivity index (χ0n) is 18.2. The van der Waals surface area contributed by atoms with Crippen LogP contribution >= 0.6 is 0 Å². The van der Waals surface area contributed by atoms with E-state index < -0.39 is 18.2 Å². The van der Waals surface area contributed by atoms with Crippen LogP contribution in [0.5, 0.6) is 0 Å². The summed E-state index contributed by atoms with van der Waals surface area (Å²) in [5, 5.41) is 20.9. The number of piperidine rings is 1. The molecule has 0 aromatic heterocycles. The van der Waals surface area contributed by atoms with Gasteiger partial charge in [-0.15, -0.1) is 0 Å². The molecule has 5 heteroatoms. The highest BCUT2D eigenvalue weighted by atomic mass is 16.4. The maximum Gasteiger partial charge on any atom is 0.407 e. The molecule has 162 valence electrons. The Bertz CT molecular complexity index is 763. The van der Waals surface area contributed by atoms with Gasteiger partial charge >= 0.3 is 6.09 Å². The molecule has 1 amide bonds. The minimum absolute atomic E-state index is 0.0252. The molecule has 30 heavy (non-hydrogen) atoms. The second-order valence-corrected chi connectivity index (χ2v) is 9.47. The number of hydrogen-bond donors (Lipinski definition) is 2. The maximum absolute atomic E-state index is 11.8. The topological polar surface area (TPSA) is 64.0 Å². The van der Waals surface area contributed by atoms with Crippen LogP contribution in [-0.2, 0) is 13.1 Å². The summed E-state index contributed by atoms with van der Waals surface area (Å²) in [4.78, 5) is 15.6. The SMILES string of the molecule is CC(C)(C)C1C(O)C(CN(Cc2ccccc2)Cc2ccccc2)CCN1C(=O)O. The predicted octanol–water partition coefficient (Wildman–Crippen LogP) is 4.46. The molecule has 2 aromatic rings. The number of rotatable bonds is 6. The summed E-state index contributed by atoms with van der Waals surface area (Å²) < 4.78 is 0.